The summed E-state index contributed by atoms with van der Waals surface area (Å²) in [5.41, 5.74) is 0.332. The van der Waals surface area contributed by atoms with Crippen LogP contribution in [-0.2, 0) is 26.3 Å². The monoisotopic (exact) mass is 439 g/mol. The Kier molecular flexibility index (Phi) is 5.97. The maximum absolute atomic E-state index is 13.4. The Labute approximate surface area is 193 Å². The molecule has 33 heavy (non-hydrogen) atoms. The van der Waals surface area contributed by atoms with Gasteiger partial charge in [0.15, 0.2) is 5.41 Å². The zero-order valence-corrected chi connectivity index (χ0v) is 18.9. The molecule has 0 saturated carbocycles. The van der Waals surface area contributed by atoms with Crippen molar-refractivity contribution in [3.8, 4) is 11.8 Å². The predicted octanol–water partition coefficient (Wildman–Crippen LogP) is 3.50. The normalized spacial score (nSPS) is 19.0. The van der Waals surface area contributed by atoms with E-state index in [0.717, 1.165) is 11.1 Å². The van der Waals surface area contributed by atoms with Gasteiger partial charge in [0.25, 0.3) is 0 Å². The van der Waals surface area contributed by atoms with E-state index in [1.807, 2.05) is 74.5 Å². The topological polar surface area (TPSA) is 72.4 Å². The average Bonchev–Trinajstić information content (AvgIpc) is 3.03. The number of ether oxygens (including phenoxy) is 1. The first-order valence-electron chi connectivity index (χ1n) is 10.7. The molecule has 1 amide bonds. The Bertz CT molecular complexity index is 1210. The van der Waals surface area contributed by atoms with E-state index in [1.54, 1.807) is 24.1 Å². The number of amides is 1. The molecule has 1 aliphatic rings. The van der Waals surface area contributed by atoms with Crippen LogP contribution in [0.3, 0.4) is 0 Å². The number of aromatic nitrogens is 2. The van der Waals surface area contributed by atoms with Crippen LogP contribution < -0.4 is 0 Å². The van der Waals surface area contributed by atoms with Gasteiger partial charge in [-0.25, -0.2) is 0 Å². The molecular weight excluding hydrogens is 414 g/mol. The van der Waals surface area contributed by atoms with Crippen molar-refractivity contribution in [3.05, 3.63) is 95.3 Å². The van der Waals surface area contributed by atoms with Gasteiger partial charge in [-0.1, -0.05) is 54.5 Å². The molecule has 0 N–H and O–H groups in total. The molecule has 1 aliphatic heterocycles. The molecule has 0 unspecified atom stereocenters. The van der Waals surface area contributed by atoms with E-state index in [1.165, 1.54) is 0 Å². The average molecular weight is 440 g/mol. The summed E-state index contributed by atoms with van der Waals surface area (Å²) in [7, 11) is 1.70. The fraction of sp³-hybridized carbons (Fsp3) is 0.259. The minimum atomic E-state index is -1.55. The Hall–Kier alpha value is -3.98. The van der Waals surface area contributed by atoms with Gasteiger partial charge in [-0.05, 0) is 49.6 Å². The summed E-state index contributed by atoms with van der Waals surface area (Å²) >= 11 is 0. The number of carbonyl (C=O) groups is 2. The van der Waals surface area contributed by atoms with E-state index in [9.17, 15) is 9.59 Å². The van der Waals surface area contributed by atoms with Gasteiger partial charge in [0.1, 0.15) is 12.3 Å². The number of hydrogen-bond donors (Lipinski definition) is 0. The second-order valence-electron chi connectivity index (χ2n) is 8.74. The first-order valence-corrected chi connectivity index (χ1v) is 10.7. The lowest BCUT2D eigenvalue weighted by molar-refractivity contribution is -0.156. The molecule has 1 fully saturated rings. The van der Waals surface area contributed by atoms with Crippen molar-refractivity contribution >= 4 is 11.9 Å². The summed E-state index contributed by atoms with van der Waals surface area (Å²) in [6, 6.07) is 22.3. The zero-order valence-electron chi connectivity index (χ0n) is 18.9. The van der Waals surface area contributed by atoms with E-state index in [2.05, 4.69) is 22.0 Å². The number of hydrogen-bond acceptors (Lipinski definition) is 5. The number of benzene rings is 2. The summed E-state index contributed by atoms with van der Waals surface area (Å²) in [6.07, 6.45) is 0.243. The standard InChI is InChI=1S/C27H25N3O3/c1-26(2)19-27(24(31)30(26)3,25(32)33-18-21-12-8-5-9-13-21)23-17-16-22(28-29-23)15-14-20-10-6-4-7-11-20/h4-13,16-17H,18-19H2,1-3H3/t27-/m0/s1. The highest BCUT2D eigenvalue weighted by molar-refractivity contribution is 6.10. The van der Waals surface area contributed by atoms with Crippen molar-refractivity contribution in [2.24, 2.45) is 0 Å². The summed E-state index contributed by atoms with van der Waals surface area (Å²) < 4.78 is 5.64. The summed E-state index contributed by atoms with van der Waals surface area (Å²) in [6.45, 7) is 3.92. The lowest BCUT2D eigenvalue weighted by Gasteiger charge is -2.26. The minimum absolute atomic E-state index is 0.0763. The van der Waals surface area contributed by atoms with Gasteiger partial charge in [-0.3, -0.25) is 9.59 Å². The fourth-order valence-electron chi connectivity index (χ4n) is 4.00. The first kappa shape index (κ1) is 22.2. The van der Waals surface area contributed by atoms with Crippen LogP contribution in [0.5, 0.6) is 0 Å². The molecule has 6 heteroatoms. The van der Waals surface area contributed by atoms with Gasteiger partial charge >= 0.3 is 5.97 Å². The highest BCUT2D eigenvalue weighted by Crippen LogP contribution is 2.44. The SMILES string of the molecule is CN1C(=O)[C@@](C(=O)OCc2ccccc2)(c2ccc(C#Cc3ccccc3)nn2)CC1(C)C. The third-order valence-corrected chi connectivity index (χ3v) is 6.05. The molecule has 2 heterocycles. The van der Waals surface area contributed by atoms with Crippen LogP contribution in [0.15, 0.2) is 72.8 Å². The maximum Gasteiger partial charge on any atom is 0.328 e. The van der Waals surface area contributed by atoms with Gasteiger partial charge in [0.05, 0.1) is 5.69 Å². The number of likely N-dealkylation sites (N-methyl/N-ethyl adjacent to an activating group) is 1. The number of nitrogens with zero attached hydrogens (tertiary/aromatic N) is 3. The minimum Gasteiger partial charge on any atom is -0.460 e. The number of esters is 1. The molecule has 0 spiro atoms. The van der Waals surface area contributed by atoms with Crippen LogP contribution in [0, 0.1) is 11.8 Å². The number of rotatable bonds is 4. The van der Waals surface area contributed by atoms with Gasteiger partial charge < -0.3 is 9.64 Å². The van der Waals surface area contributed by atoms with Crippen molar-refractivity contribution < 1.29 is 14.3 Å². The smallest absolute Gasteiger partial charge is 0.328 e. The molecule has 1 saturated heterocycles. The van der Waals surface area contributed by atoms with E-state index < -0.39 is 16.9 Å². The van der Waals surface area contributed by atoms with Crippen molar-refractivity contribution in [1.29, 1.82) is 0 Å². The summed E-state index contributed by atoms with van der Waals surface area (Å²) in [4.78, 5) is 28.4. The molecule has 0 bridgehead atoms. The largest absolute Gasteiger partial charge is 0.460 e. The third-order valence-electron chi connectivity index (χ3n) is 6.05. The van der Waals surface area contributed by atoms with Crippen LogP contribution in [0.25, 0.3) is 0 Å². The second-order valence-corrected chi connectivity index (χ2v) is 8.74. The van der Waals surface area contributed by atoms with Gasteiger partial charge in [-0.15, -0.1) is 5.10 Å². The molecule has 3 aromatic rings. The van der Waals surface area contributed by atoms with Crippen molar-refractivity contribution in [2.45, 2.75) is 37.8 Å². The van der Waals surface area contributed by atoms with Crippen LogP contribution in [0.1, 0.15) is 42.8 Å². The summed E-state index contributed by atoms with van der Waals surface area (Å²) in [5, 5.41) is 8.46. The van der Waals surface area contributed by atoms with Crippen LogP contribution in [0.4, 0.5) is 0 Å². The molecule has 2 aromatic carbocycles. The molecule has 4 rings (SSSR count). The van der Waals surface area contributed by atoms with E-state index in [0.29, 0.717) is 5.69 Å². The Balaban J connectivity index is 1.65. The van der Waals surface area contributed by atoms with Crippen molar-refractivity contribution in [3.63, 3.8) is 0 Å². The molecule has 166 valence electrons. The van der Waals surface area contributed by atoms with Crippen LogP contribution >= 0.6 is 0 Å². The third kappa shape index (κ3) is 4.35. The van der Waals surface area contributed by atoms with Crippen molar-refractivity contribution in [1.82, 2.24) is 15.1 Å². The fourth-order valence-corrected chi connectivity index (χ4v) is 4.00. The molecule has 1 atom stereocenters. The second kappa shape index (κ2) is 8.87. The summed E-state index contributed by atoms with van der Waals surface area (Å²) in [5.74, 6) is 5.03. The molecular formula is C27H25N3O3. The van der Waals surface area contributed by atoms with E-state index >= 15 is 0 Å². The highest BCUT2D eigenvalue weighted by atomic mass is 16.5. The van der Waals surface area contributed by atoms with E-state index in [-0.39, 0.29) is 24.6 Å². The maximum atomic E-state index is 13.4. The molecule has 0 aliphatic carbocycles. The van der Waals surface area contributed by atoms with Crippen LogP contribution in [-0.4, -0.2) is 39.6 Å². The number of likely N-dealkylation sites (tertiary alicyclic amines) is 1. The predicted molar refractivity (Wildman–Crippen MR) is 124 cm³/mol. The van der Waals surface area contributed by atoms with Gasteiger partial charge in [-0.2, -0.15) is 5.10 Å². The molecule has 6 nitrogen and oxygen atoms in total. The Morgan fingerprint density at radius 2 is 1.64 bits per heavy atom. The highest BCUT2D eigenvalue weighted by Gasteiger charge is 2.62. The lowest BCUT2D eigenvalue weighted by atomic mass is 9.78. The van der Waals surface area contributed by atoms with Gasteiger partial charge in [0.2, 0.25) is 5.91 Å². The quantitative estimate of drug-likeness (QED) is 0.354. The van der Waals surface area contributed by atoms with Crippen LogP contribution in [0.2, 0.25) is 0 Å². The van der Waals surface area contributed by atoms with Gasteiger partial charge in [0, 0.05) is 24.6 Å². The first-order chi connectivity index (χ1) is 15.8. The Morgan fingerprint density at radius 3 is 2.21 bits per heavy atom. The molecule has 0 radical (unpaired) electrons. The van der Waals surface area contributed by atoms with Crippen molar-refractivity contribution in [2.75, 3.05) is 7.05 Å². The molecule has 1 aromatic heterocycles. The lowest BCUT2D eigenvalue weighted by Crippen LogP contribution is -2.45. The number of carbonyl (C=O) groups excluding carboxylic acids is 2. The van der Waals surface area contributed by atoms with E-state index in [4.69, 9.17) is 4.74 Å². The Morgan fingerprint density at radius 1 is 0.970 bits per heavy atom. The zero-order chi connectivity index (χ0) is 23.5.